The Labute approximate surface area is 274 Å². The number of hydrogen-bond acceptors (Lipinski definition) is 8. The summed E-state index contributed by atoms with van der Waals surface area (Å²) in [6.45, 7) is 4.43. The van der Waals surface area contributed by atoms with Gasteiger partial charge in [0.2, 0.25) is 11.6 Å². The van der Waals surface area contributed by atoms with Gasteiger partial charge in [0.25, 0.3) is 17.5 Å². The monoisotopic (exact) mass is 643 g/mol. The molecule has 3 aliphatic rings. The van der Waals surface area contributed by atoms with Crippen LogP contribution in [0.15, 0.2) is 84.0 Å². The lowest BCUT2D eigenvalue weighted by Gasteiger charge is -2.47. The predicted molar refractivity (Wildman–Crippen MR) is 178 cm³/mol. The van der Waals surface area contributed by atoms with Crippen LogP contribution in [-0.2, 0) is 10.2 Å². The van der Waals surface area contributed by atoms with Crippen LogP contribution in [0, 0.1) is 10.1 Å². The van der Waals surface area contributed by atoms with Crippen LogP contribution in [0.25, 0.3) is 27.3 Å². The van der Waals surface area contributed by atoms with Gasteiger partial charge in [0, 0.05) is 76.6 Å². The minimum absolute atomic E-state index is 0.0321. The molecule has 1 unspecified atom stereocenters. The molecule has 1 spiro atoms. The summed E-state index contributed by atoms with van der Waals surface area (Å²) in [4.78, 5) is 56.9. The third-order valence-electron chi connectivity index (χ3n) is 9.46. The van der Waals surface area contributed by atoms with Crippen LogP contribution in [0.4, 0.5) is 17.1 Å². The topological polar surface area (TPSA) is 171 Å². The van der Waals surface area contributed by atoms with Crippen LogP contribution in [0.3, 0.4) is 0 Å². The molecule has 240 valence electrons. The van der Waals surface area contributed by atoms with Gasteiger partial charge in [-0.1, -0.05) is 41.5 Å². The maximum atomic E-state index is 13.4. The van der Waals surface area contributed by atoms with Crippen molar-refractivity contribution in [2.45, 2.75) is 31.4 Å². The van der Waals surface area contributed by atoms with Gasteiger partial charge in [0.1, 0.15) is 5.75 Å². The lowest BCUT2D eigenvalue weighted by atomic mass is 9.76. The number of azide groups is 1. The van der Waals surface area contributed by atoms with E-state index in [0.29, 0.717) is 38.9 Å². The zero-order valence-electron chi connectivity index (χ0n) is 26.0. The first-order valence-electron chi connectivity index (χ1n) is 15.3. The highest BCUT2D eigenvalue weighted by Gasteiger charge is 2.58. The number of non-ortho nitro benzene ring substituents is 1. The molecule has 7 rings (SSSR count). The molecule has 0 saturated heterocycles. The maximum Gasteiger partial charge on any atom is 0.270 e. The zero-order valence-corrected chi connectivity index (χ0v) is 26.0. The summed E-state index contributed by atoms with van der Waals surface area (Å²) in [6, 6.07) is 20.5. The number of carbonyl (C=O) groups excluding carboxylic acids is 3. The van der Waals surface area contributed by atoms with Crippen LogP contribution < -0.4 is 15.0 Å². The van der Waals surface area contributed by atoms with Gasteiger partial charge in [-0.25, -0.2) is 0 Å². The van der Waals surface area contributed by atoms with Crippen molar-refractivity contribution in [1.82, 2.24) is 10.2 Å². The van der Waals surface area contributed by atoms with Gasteiger partial charge in [-0.15, -0.1) is 0 Å². The Morgan fingerprint density at radius 2 is 1.79 bits per heavy atom. The number of nitro groups is 1. The molecule has 1 N–H and O–H groups in total. The zero-order chi connectivity index (χ0) is 33.8. The molecule has 0 bridgehead atoms. The molecular weight excluding hydrogens is 614 g/mol. The number of hydrogen-bond donors (Lipinski definition) is 1. The number of nitrogens with zero attached hydrogens (tertiary/aromatic N) is 6. The second kappa shape index (κ2) is 11.2. The number of carbonyl (C=O) groups is 3. The summed E-state index contributed by atoms with van der Waals surface area (Å²) >= 11 is 0. The molecule has 0 aliphatic carbocycles. The molecule has 4 aromatic rings. The molecule has 3 amide bonds. The first-order valence-corrected chi connectivity index (χ1v) is 15.3. The Kier molecular flexibility index (Phi) is 7.14. The number of amides is 3. The van der Waals surface area contributed by atoms with Gasteiger partial charge in [-0.2, -0.15) is 0 Å². The minimum Gasteiger partial charge on any atom is -0.463 e. The van der Waals surface area contributed by atoms with Crippen molar-refractivity contribution in [2.24, 2.45) is 5.11 Å². The quantitative estimate of drug-likeness (QED) is 0.0579. The number of para-hydroxylation sites is 1. The first-order chi connectivity index (χ1) is 23.1. The molecule has 0 radical (unpaired) electrons. The SMILES string of the molecule is CC1(C)c2ccccc2N(CCC(=O)NCCN2C(=O)c3cccc4c(N=[N+]=[N-])ccc(c34)C2=O)C12C=Cc1cc([N+](=O)[O-])ccc1O2. The largest absolute Gasteiger partial charge is 0.463 e. The first kappa shape index (κ1) is 30.5. The van der Waals surface area contributed by atoms with Crippen molar-refractivity contribution < 1.29 is 24.0 Å². The van der Waals surface area contributed by atoms with E-state index in [1.165, 1.54) is 12.1 Å². The molecule has 0 fully saturated rings. The molecule has 3 heterocycles. The Morgan fingerprint density at radius 1 is 1.02 bits per heavy atom. The van der Waals surface area contributed by atoms with Crippen LogP contribution in [0.1, 0.15) is 52.1 Å². The fourth-order valence-electron chi connectivity index (χ4n) is 7.07. The smallest absolute Gasteiger partial charge is 0.270 e. The average molecular weight is 644 g/mol. The van der Waals surface area contributed by atoms with Gasteiger partial charge in [-0.05, 0) is 66.7 Å². The van der Waals surface area contributed by atoms with E-state index in [9.17, 15) is 24.5 Å². The molecule has 13 nitrogen and oxygen atoms in total. The van der Waals surface area contributed by atoms with Gasteiger partial charge < -0.3 is 15.0 Å². The standard InChI is InChI=1S/C35H29N7O6/c1-34(2)26-8-3-4-9-28(26)41(35(34)16-14-21-20-22(42(46)47)10-13-29(21)48-35)18-15-30(43)37-17-19-40-32(44)24-7-5-6-23-27(38-39-36)12-11-25(31(23)24)33(40)45/h3-14,16,20H,15,17-19H2,1-2H3,(H,37,43). The Morgan fingerprint density at radius 3 is 2.56 bits per heavy atom. The molecular formula is C35H29N7O6. The molecule has 48 heavy (non-hydrogen) atoms. The van der Waals surface area contributed by atoms with E-state index < -0.39 is 27.9 Å². The van der Waals surface area contributed by atoms with Crippen molar-refractivity contribution in [3.8, 4) is 5.75 Å². The molecule has 0 aromatic heterocycles. The fourth-order valence-corrected chi connectivity index (χ4v) is 7.07. The van der Waals surface area contributed by atoms with E-state index in [-0.39, 0.29) is 37.6 Å². The Balaban J connectivity index is 1.06. The number of benzene rings is 4. The van der Waals surface area contributed by atoms with Crippen molar-refractivity contribution in [2.75, 3.05) is 24.5 Å². The molecule has 1 atom stereocenters. The van der Waals surface area contributed by atoms with Gasteiger partial charge in [0.15, 0.2) is 0 Å². The van der Waals surface area contributed by atoms with E-state index in [4.69, 9.17) is 10.3 Å². The average Bonchev–Trinajstić information content (AvgIpc) is 3.26. The summed E-state index contributed by atoms with van der Waals surface area (Å²) in [7, 11) is 0. The Hall–Kier alpha value is -6.20. The number of fused-ring (bicyclic) bond motifs is 2. The van der Waals surface area contributed by atoms with Crippen LogP contribution in [0.2, 0.25) is 0 Å². The van der Waals surface area contributed by atoms with Gasteiger partial charge >= 0.3 is 0 Å². The van der Waals surface area contributed by atoms with E-state index in [0.717, 1.165) is 16.2 Å². The van der Waals surface area contributed by atoms with E-state index in [1.54, 1.807) is 36.4 Å². The number of anilines is 1. The van der Waals surface area contributed by atoms with E-state index in [2.05, 4.69) is 29.2 Å². The van der Waals surface area contributed by atoms with E-state index >= 15 is 0 Å². The van der Waals surface area contributed by atoms with Crippen LogP contribution in [0.5, 0.6) is 5.75 Å². The van der Waals surface area contributed by atoms with Crippen LogP contribution >= 0.6 is 0 Å². The minimum atomic E-state index is -1.01. The van der Waals surface area contributed by atoms with Crippen molar-refractivity contribution in [3.63, 3.8) is 0 Å². The number of nitrogens with one attached hydrogen (secondary N) is 1. The molecule has 4 aromatic carbocycles. The van der Waals surface area contributed by atoms with Crippen molar-refractivity contribution >= 4 is 51.6 Å². The number of rotatable bonds is 8. The summed E-state index contributed by atoms with van der Waals surface area (Å²) < 4.78 is 6.69. The van der Waals surface area contributed by atoms with Gasteiger partial charge in [0.05, 0.1) is 10.3 Å². The van der Waals surface area contributed by atoms with Crippen LogP contribution in [-0.4, -0.2) is 52.9 Å². The highest BCUT2D eigenvalue weighted by Crippen LogP contribution is 2.55. The molecule has 0 saturated carbocycles. The summed E-state index contributed by atoms with van der Waals surface area (Å²) in [5, 5.41) is 18.8. The predicted octanol–water partition coefficient (Wildman–Crippen LogP) is 6.39. The normalized spacial score (nSPS) is 18.3. The molecule has 3 aliphatic heterocycles. The lowest BCUT2D eigenvalue weighted by molar-refractivity contribution is -0.384. The van der Waals surface area contributed by atoms with Crippen molar-refractivity contribution in [3.05, 3.63) is 122 Å². The summed E-state index contributed by atoms with van der Waals surface area (Å²) in [5.74, 6) is -0.757. The number of nitro benzene ring substituents is 1. The second-order valence-electron chi connectivity index (χ2n) is 12.3. The highest BCUT2D eigenvalue weighted by molar-refractivity contribution is 6.26. The van der Waals surface area contributed by atoms with Gasteiger partial charge in [-0.3, -0.25) is 29.4 Å². The second-order valence-corrected chi connectivity index (χ2v) is 12.3. The van der Waals surface area contributed by atoms with Crippen molar-refractivity contribution in [1.29, 1.82) is 0 Å². The Bertz CT molecular complexity index is 2130. The lowest BCUT2D eigenvalue weighted by Crippen LogP contribution is -2.60. The fraction of sp³-hybridized carbons (Fsp3) is 0.229. The highest BCUT2D eigenvalue weighted by atomic mass is 16.6. The third-order valence-corrected chi connectivity index (χ3v) is 9.46. The summed E-state index contributed by atoms with van der Waals surface area (Å²) in [6.07, 6.45) is 3.82. The van der Waals surface area contributed by atoms with E-state index in [1.807, 2.05) is 41.3 Å². The number of imide groups is 1. The molecule has 13 heteroatoms. The third kappa shape index (κ3) is 4.55. The maximum absolute atomic E-state index is 13.4. The summed E-state index contributed by atoms with van der Waals surface area (Å²) in [5.41, 5.74) is 10.8. The number of ether oxygens (including phenoxy) is 1.